The summed E-state index contributed by atoms with van der Waals surface area (Å²) in [6, 6.07) is 10.8. The monoisotopic (exact) mass is 386 g/mol. The van der Waals surface area contributed by atoms with Crippen LogP contribution < -0.4 is 34.6 Å². The summed E-state index contributed by atoms with van der Waals surface area (Å²) in [6.45, 7) is 7.13. The van der Waals surface area contributed by atoms with E-state index in [1.165, 1.54) is 51.0 Å². The lowest BCUT2D eigenvalue weighted by Gasteiger charge is -2.30. The summed E-state index contributed by atoms with van der Waals surface area (Å²) in [5, 5.41) is 0. The maximum Gasteiger partial charge on any atom is 0.141 e. The van der Waals surface area contributed by atoms with Crippen molar-refractivity contribution >= 4 is 5.78 Å². The molecule has 1 aromatic rings. The lowest BCUT2D eigenvalue weighted by molar-refractivity contribution is -1.02. The lowest BCUT2D eigenvalue weighted by Crippen LogP contribution is -3.27. The number of benzene rings is 1. The molecule has 1 saturated carbocycles. The SMILES string of the molecule is O=C(CC[NH+]1CC[NH+](Cc2ccccc2)CC1)C1CCCCC1.[Cl-].[Cl-]. The van der Waals surface area contributed by atoms with E-state index >= 15 is 0 Å². The van der Waals surface area contributed by atoms with Crippen LogP contribution in [0.15, 0.2) is 30.3 Å². The molecule has 2 N–H and O–H groups in total. The van der Waals surface area contributed by atoms with Gasteiger partial charge in [-0.25, -0.2) is 0 Å². The molecule has 5 heteroatoms. The van der Waals surface area contributed by atoms with Crippen LogP contribution in [-0.2, 0) is 11.3 Å². The fraction of sp³-hybridized carbons (Fsp3) is 0.650. The van der Waals surface area contributed by atoms with Gasteiger partial charge in [0.1, 0.15) is 38.5 Å². The quantitative estimate of drug-likeness (QED) is 0.501. The van der Waals surface area contributed by atoms with E-state index in [0.717, 1.165) is 32.4 Å². The number of hydrogen-bond acceptors (Lipinski definition) is 1. The Morgan fingerprint density at radius 1 is 0.880 bits per heavy atom. The standard InChI is InChI=1S/C20H30N2O.2ClH/c23-20(19-9-5-2-6-10-19)11-12-21-13-15-22(16-14-21)17-18-7-3-1-4-8-18;;/h1,3-4,7-8,19H,2,5-6,9-17H2;2*1H. The van der Waals surface area contributed by atoms with E-state index in [-0.39, 0.29) is 24.8 Å². The lowest BCUT2D eigenvalue weighted by atomic mass is 9.85. The van der Waals surface area contributed by atoms with Gasteiger partial charge in [0.05, 0.1) is 13.0 Å². The summed E-state index contributed by atoms with van der Waals surface area (Å²) < 4.78 is 0. The van der Waals surface area contributed by atoms with Crippen LogP contribution in [0, 0.1) is 5.92 Å². The van der Waals surface area contributed by atoms with Crippen molar-refractivity contribution < 1.29 is 39.4 Å². The topological polar surface area (TPSA) is 26.0 Å². The van der Waals surface area contributed by atoms with Crippen LogP contribution in [0.4, 0.5) is 0 Å². The highest BCUT2D eigenvalue weighted by Crippen LogP contribution is 2.24. The molecule has 2 fully saturated rings. The Labute approximate surface area is 165 Å². The third kappa shape index (κ3) is 7.26. The molecule has 142 valence electrons. The van der Waals surface area contributed by atoms with Gasteiger partial charge in [-0.15, -0.1) is 0 Å². The number of rotatable bonds is 6. The van der Waals surface area contributed by atoms with Gasteiger partial charge in [-0.1, -0.05) is 49.6 Å². The van der Waals surface area contributed by atoms with Crippen LogP contribution in [0.3, 0.4) is 0 Å². The smallest absolute Gasteiger partial charge is 0.141 e. The van der Waals surface area contributed by atoms with E-state index in [0.29, 0.717) is 11.7 Å². The van der Waals surface area contributed by atoms with Crippen molar-refractivity contribution in [2.75, 3.05) is 32.7 Å². The summed E-state index contributed by atoms with van der Waals surface area (Å²) in [7, 11) is 0. The number of Topliss-reactive ketones (excluding diaryl/α,β-unsaturated/α-hetero) is 1. The highest BCUT2D eigenvalue weighted by molar-refractivity contribution is 5.81. The van der Waals surface area contributed by atoms with Gasteiger partial charge >= 0.3 is 0 Å². The van der Waals surface area contributed by atoms with Gasteiger partial charge in [-0.2, -0.15) is 0 Å². The number of carbonyl (C=O) groups excluding carboxylic acids is 1. The van der Waals surface area contributed by atoms with Crippen LogP contribution in [-0.4, -0.2) is 38.5 Å². The Bertz CT molecular complexity index is 484. The number of hydrogen-bond donors (Lipinski definition) is 2. The van der Waals surface area contributed by atoms with Gasteiger partial charge in [0.2, 0.25) is 0 Å². The summed E-state index contributed by atoms with van der Waals surface area (Å²) in [4.78, 5) is 15.7. The first-order chi connectivity index (χ1) is 11.3. The normalized spacial score (nSPS) is 24.0. The molecule has 1 saturated heterocycles. The van der Waals surface area contributed by atoms with E-state index < -0.39 is 0 Å². The van der Waals surface area contributed by atoms with Crippen LogP contribution >= 0.6 is 0 Å². The van der Waals surface area contributed by atoms with Crippen molar-refractivity contribution in [2.24, 2.45) is 5.92 Å². The van der Waals surface area contributed by atoms with Crippen LogP contribution in [0.25, 0.3) is 0 Å². The second kappa shape index (κ2) is 11.9. The van der Waals surface area contributed by atoms with E-state index in [2.05, 4.69) is 30.3 Å². The highest BCUT2D eigenvalue weighted by Gasteiger charge is 2.26. The number of carbonyl (C=O) groups is 1. The van der Waals surface area contributed by atoms with E-state index in [9.17, 15) is 4.79 Å². The number of ketones is 1. The van der Waals surface area contributed by atoms with Crippen molar-refractivity contribution in [3.05, 3.63) is 35.9 Å². The number of piperazine rings is 1. The maximum absolute atomic E-state index is 12.3. The first kappa shape index (κ1) is 22.4. The zero-order valence-electron chi connectivity index (χ0n) is 15.1. The minimum absolute atomic E-state index is 0. The minimum Gasteiger partial charge on any atom is -1.00 e. The zero-order valence-corrected chi connectivity index (χ0v) is 16.6. The highest BCUT2D eigenvalue weighted by atomic mass is 35.5. The average Bonchev–Trinajstić information content (AvgIpc) is 2.62. The summed E-state index contributed by atoms with van der Waals surface area (Å²) >= 11 is 0. The molecule has 0 radical (unpaired) electrons. The second-order valence-corrected chi connectivity index (χ2v) is 7.46. The van der Waals surface area contributed by atoms with Gasteiger partial charge in [0.25, 0.3) is 0 Å². The molecule has 1 aliphatic carbocycles. The van der Waals surface area contributed by atoms with Crippen molar-refractivity contribution in [3.63, 3.8) is 0 Å². The molecule has 0 spiro atoms. The molecule has 0 bridgehead atoms. The van der Waals surface area contributed by atoms with E-state index in [1.54, 1.807) is 9.80 Å². The molecule has 1 heterocycles. The van der Waals surface area contributed by atoms with E-state index in [1.807, 2.05) is 0 Å². The predicted octanol–water partition coefficient (Wildman–Crippen LogP) is -5.48. The average molecular weight is 387 g/mol. The van der Waals surface area contributed by atoms with E-state index in [4.69, 9.17) is 0 Å². The molecule has 1 aliphatic heterocycles. The molecule has 0 aromatic heterocycles. The summed E-state index contributed by atoms with van der Waals surface area (Å²) in [6.07, 6.45) is 7.00. The first-order valence-electron chi connectivity index (χ1n) is 9.55. The minimum atomic E-state index is 0. The molecular formula is C20H32Cl2N2O. The largest absolute Gasteiger partial charge is 1.00 e. The Balaban J connectivity index is 0.00000156. The summed E-state index contributed by atoms with van der Waals surface area (Å²) in [5.74, 6) is 0.949. The number of nitrogens with one attached hydrogen (secondary N) is 2. The van der Waals surface area contributed by atoms with Crippen molar-refractivity contribution in [2.45, 2.75) is 45.1 Å². The molecule has 1 aromatic carbocycles. The maximum atomic E-state index is 12.3. The molecule has 25 heavy (non-hydrogen) atoms. The second-order valence-electron chi connectivity index (χ2n) is 7.46. The molecular weight excluding hydrogens is 355 g/mol. The molecule has 0 unspecified atom stereocenters. The Morgan fingerprint density at radius 3 is 2.12 bits per heavy atom. The predicted molar refractivity (Wildman–Crippen MR) is 92.6 cm³/mol. The first-order valence-corrected chi connectivity index (χ1v) is 9.55. The zero-order chi connectivity index (χ0) is 15.9. The van der Waals surface area contributed by atoms with Crippen molar-refractivity contribution in [3.8, 4) is 0 Å². The Kier molecular flexibility index (Phi) is 10.7. The van der Waals surface area contributed by atoms with Crippen LogP contribution in [0.2, 0.25) is 0 Å². The number of quaternary nitrogens is 2. The third-order valence-electron chi connectivity index (χ3n) is 5.75. The fourth-order valence-corrected chi connectivity index (χ4v) is 4.20. The molecule has 2 aliphatic rings. The van der Waals surface area contributed by atoms with Gasteiger partial charge in [0.15, 0.2) is 0 Å². The van der Waals surface area contributed by atoms with Crippen molar-refractivity contribution in [1.29, 1.82) is 0 Å². The van der Waals surface area contributed by atoms with Gasteiger partial charge in [-0.3, -0.25) is 4.79 Å². The fourth-order valence-electron chi connectivity index (χ4n) is 4.20. The van der Waals surface area contributed by atoms with Crippen molar-refractivity contribution in [1.82, 2.24) is 0 Å². The van der Waals surface area contributed by atoms with Gasteiger partial charge in [-0.05, 0) is 12.8 Å². The molecule has 3 nitrogen and oxygen atoms in total. The molecule has 0 atom stereocenters. The third-order valence-corrected chi connectivity index (χ3v) is 5.75. The Hall–Kier alpha value is -0.610. The number of halogens is 2. The van der Waals surface area contributed by atoms with Gasteiger partial charge < -0.3 is 34.6 Å². The Morgan fingerprint density at radius 2 is 1.48 bits per heavy atom. The molecule has 3 rings (SSSR count). The van der Waals surface area contributed by atoms with Crippen LogP contribution in [0.1, 0.15) is 44.1 Å². The van der Waals surface area contributed by atoms with Crippen LogP contribution in [0.5, 0.6) is 0 Å². The summed E-state index contributed by atoms with van der Waals surface area (Å²) in [5.41, 5.74) is 1.44. The molecule has 0 amide bonds. The van der Waals surface area contributed by atoms with Gasteiger partial charge in [0, 0.05) is 11.5 Å².